The Morgan fingerprint density at radius 3 is 1.81 bits per heavy atom. The van der Waals surface area contributed by atoms with Crippen molar-refractivity contribution in [3.05, 3.63) is 70.8 Å². The number of benzene rings is 2. The van der Waals surface area contributed by atoms with Gasteiger partial charge >= 0.3 is 0 Å². The molecule has 0 bridgehead atoms. The van der Waals surface area contributed by atoms with Gasteiger partial charge in [0.05, 0.1) is 6.54 Å². The fourth-order valence-electron chi connectivity index (χ4n) is 2.53. The second kappa shape index (κ2) is 7.04. The molecule has 1 amide bonds. The van der Waals surface area contributed by atoms with Crippen LogP contribution in [0.4, 0.5) is 0 Å². The van der Waals surface area contributed by atoms with Gasteiger partial charge in [0.15, 0.2) is 0 Å². The molecule has 0 aliphatic rings. The van der Waals surface area contributed by atoms with Crippen molar-refractivity contribution in [2.24, 2.45) is 5.73 Å². The molecule has 0 fully saturated rings. The summed E-state index contributed by atoms with van der Waals surface area (Å²) >= 11 is 0. The van der Waals surface area contributed by atoms with Gasteiger partial charge in [0, 0.05) is 13.1 Å². The van der Waals surface area contributed by atoms with Gasteiger partial charge in [-0.3, -0.25) is 9.69 Å². The van der Waals surface area contributed by atoms with Gasteiger partial charge in [-0.25, -0.2) is 0 Å². The largest absolute Gasteiger partial charge is 0.369 e. The Morgan fingerprint density at radius 2 is 1.43 bits per heavy atom. The van der Waals surface area contributed by atoms with E-state index in [0.717, 1.165) is 13.1 Å². The van der Waals surface area contributed by atoms with Crippen molar-refractivity contribution in [2.75, 3.05) is 6.54 Å². The third-order valence-electron chi connectivity index (χ3n) is 3.36. The first kappa shape index (κ1) is 15.3. The predicted octanol–water partition coefficient (Wildman–Crippen LogP) is 2.79. The third kappa shape index (κ3) is 5.04. The average molecular weight is 282 g/mol. The van der Waals surface area contributed by atoms with Crippen LogP contribution in [0.3, 0.4) is 0 Å². The lowest BCUT2D eigenvalue weighted by Crippen LogP contribution is -2.33. The zero-order valence-corrected chi connectivity index (χ0v) is 12.7. The van der Waals surface area contributed by atoms with E-state index < -0.39 is 0 Å². The predicted molar refractivity (Wildman–Crippen MR) is 85.7 cm³/mol. The lowest BCUT2D eigenvalue weighted by Gasteiger charge is -2.21. The first-order valence-electron chi connectivity index (χ1n) is 7.14. The van der Waals surface area contributed by atoms with Crippen LogP contribution in [-0.2, 0) is 17.9 Å². The maximum Gasteiger partial charge on any atom is 0.231 e. The summed E-state index contributed by atoms with van der Waals surface area (Å²) in [5.41, 5.74) is 10.2. The van der Waals surface area contributed by atoms with Crippen LogP contribution in [0, 0.1) is 13.8 Å². The Bertz CT molecular complexity index is 575. The Labute approximate surface area is 126 Å². The number of aryl methyl sites for hydroxylation is 2. The summed E-state index contributed by atoms with van der Waals surface area (Å²) in [6.07, 6.45) is 0. The van der Waals surface area contributed by atoms with Gasteiger partial charge in [0.1, 0.15) is 0 Å². The SMILES string of the molecule is Cc1cccc(CN(CC(N)=O)Cc2cccc(C)c2)c1. The highest BCUT2D eigenvalue weighted by Crippen LogP contribution is 2.12. The van der Waals surface area contributed by atoms with Gasteiger partial charge in [0.25, 0.3) is 0 Å². The van der Waals surface area contributed by atoms with Crippen molar-refractivity contribution in [1.29, 1.82) is 0 Å². The van der Waals surface area contributed by atoms with Crippen molar-refractivity contribution in [3.8, 4) is 0 Å². The topological polar surface area (TPSA) is 46.3 Å². The van der Waals surface area contributed by atoms with E-state index in [1.165, 1.54) is 22.3 Å². The van der Waals surface area contributed by atoms with Crippen LogP contribution in [0.25, 0.3) is 0 Å². The molecule has 0 unspecified atom stereocenters. The molecule has 0 atom stereocenters. The molecule has 2 aromatic carbocycles. The molecule has 21 heavy (non-hydrogen) atoms. The fraction of sp³-hybridized carbons (Fsp3) is 0.278. The summed E-state index contributed by atoms with van der Waals surface area (Å²) in [6.45, 7) is 5.85. The molecular weight excluding hydrogens is 260 g/mol. The van der Waals surface area contributed by atoms with Gasteiger partial charge in [-0.2, -0.15) is 0 Å². The van der Waals surface area contributed by atoms with E-state index in [9.17, 15) is 4.79 Å². The zero-order valence-electron chi connectivity index (χ0n) is 12.7. The third-order valence-corrected chi connectivity index (χ3v) is 3.36. The highest BCUT2D eigenvalue weighted by atomic mass is 16.1. The van der Waals surface area contributed by atoms with Gasteiger partial charge in [-0.1, -0.05) is 59.7 Å². The fourth-order valence-corrected chi connectivity index (χ4v) is 2.53. The van der Waals surface area contributed by atoms with Gasteiger partial charge in [-0.05, 0) is 25.0 Å². The molecule has 0 aliphatic heterocycles. The Morgan fingerprint density at radius 1 is 0.952 bits per heavy atom. The minimum atomic E-state index is -0.296. The van der Waals surface area contributed by atoms with E-state index >= 15 is 0 Å². The molecule has 0 heterocycles. The zero-order chi connectivity index (χ0) is 15.2. The number of nitrogens with two attached hydrogens (primary N) is 1. The summed E-state index contributed by atoms with van der Waals surface area (Å²) in [5, 5.41) is 0. The van der Waals surface area contributed by atoms with Crippen LogP contribution >= 0.6 is 0 Å². The molecule has 2 N–H and O–H groups in total. The molecular formula is C18H22N2O. The normalized spacial score (nSPS) is 10.8. The van der Waals surface area contributed by atoms with Crippen molar-refractivity contribution in [2.45, 2.75) is 26.9 Å². The number of amides is 1. The maximum atomic E-state index is 11.3. The molecule has 3 nitrogen and oxygen atoms in total. The molecule has 0 aromatic heterocycles. The number of carbonyl (C=O) groups excluding carboxylic acids is 1. The molecule has 2 rings (SSSR count). The molecule has 0 aliphatic carbocycles. The molecule has 0 spiro atoms. The van der Waals surface area contributed by atoms with Gasteiger partial charge in [0.2, 0.25) is 5.91 Å². The standard InChI is InChI=1S/C18H22N2O/c1-14-5-3-7-16(9-14)11-20(13-18(19)21)12-17-8-4-6-15(2)10-17/h3-10H,11-13H2,1-2H3,(H2,19,21). The second-order valence-electron chi connectivity index (χ2n) is 5.59. The smallest absolute Gasteiger partial charge is 0.231 e. The van der Waals surface area contributed by atoms with E-state index in [4.69, 9.17) is 5.73 Å². The molecule has 3 heteroatoms. The number of carbonyl (C=O) groups is 1. The Kier molecular flexibility index (Phi) is 5.12. The van der Waals surface area contributed by atoms with E-state index in [-0.39, 0.29) is 12.5 Å². The average Bonchev–Trinajstić information content (AvgIpc) is 2.37. The molecule has 110 valence electrons. The maximum absolute atomic E-state index is 11.3. The summed E-state index contributed by atoms with van der Waals surface area (Å²) in [5.74, 6) is -0.296. The summed E-state index contributed by atoms with van der Waals surface area (Å²) < 4.78 is 0. The van der Waals surface area contributed by atoms with Crippen LogP contribution < -0.4 is 5.73 Å². The molecule has 0 saturated heterocycles. The van der Waals surface area contributed by atoms with Crippen molar-refractivity contribution >= 4 is 5.91 Å². The van der Waals surface area contributed by atoms with Crippen LogP contribution in [0.2, 0.25) is 0 Å². The van der Waals surface area contributed by atoms with E-state index in [1.54, 1.807) is 0 Å². The second-order valence-corrected chi connectivity index (χ2v) is 5.59. The highest BCUT2D eigenvalue weighted by molar-refractivity contribution is 5.75. The van der Waals surface area contributed by atoms with Crippen molar-refractivity contribution in [3.63, 3.8) is 0 Å². The lowest BCUT2D eigenvalue weighted by molar-refractivity contribution is -0.119. The number of rotatable bonds is 6. The van der Waals surface area contributed by atoms with Crippen LogP contribution in [0.1, 0.15) is 22.3 Å². The number of hydrogen-bond acceptors (Lipinski definition) is 2. The summed E-state index contributed by atoms with van der Waals surface area (Å²) in [4.78, 5) is 13.4. The number of primary amides is 1. The van der Waals surface area contributed by atoms with Crippen LogP contribution in [0.15, 0.2) is 48.5 Å². The summed E-state index contributed by atoms with van der Waals surface area (Å²) in [6, 6.07) is 16.7. The number of nitrogens with zero attached hydrogens (tertiary/aromatic N) is 1. The van der Waals surface area contributed by atoms with Crippen LogP contribution in [0.5, 0.6) is 0 Å². The molecule has 2 aromatic rings. The van der Waals surface area contributed by atoms with Crippen LogP contribution in [-0.4, -0.2) is 17.4 Å². The Hall–Kier alpha value is -2.13. The van der Waals surface area contributed by atoms with Gasteiger partial charge < -0.3 is 5.73 Å². The summed E-state index contributed by atoms with van der Waals surface area (Å²) in [7, 11) is 0. The number of hydrogen-bond donors (Lipinski definition) is 1. The Balaban J connectivity index is 2.12. The highest BCUT2D eigenvalue weighted by Gasteiger charge is 2.10. The van der Waals surface area contributed by atoms with E-state index in [2.05, 4.69) is 55.1 Å². The van der Waals surface area contributed by atoms with Gasteiger partial charge in [-0.15, -0.1) is 0 Å². The van der Waals surface area contributed by atoms with Crippen molar-refractivity contribution < 1.29 is 4.79 Å². The quantitative estimate of drug-likeness (QED) is 0.885. The van der Waals surface area contributed by atoms with E-state index in [0.29, 0.717) is 0 Å². The monoisotopic (exact) mass is 282 g/mol. The molecule has 0 radical (unpaired) electrons. The first-order valence-corrected chi connectivity index (χ1v) is 7.14. The molecule has 0 saturated carbocycles. The first-order chi connectivity index (χ1) is 10.0. The minimum Gasteiger partial charge on any atom is -0.369 e. The van der Waals surface area contributed by atoms with E-state index in [1.807, 2.05) is 12.1 Å². The van der Waals surface area contributed by atoms with Crippen molar-refractivity contribution in [1.82, 2.24) is 4.90 Å². The minimum absolute atomic E-state index is 0.266. The lowest BCUT2D eigenvalue weighted by atomic mass is 10.1.